The zero-order chi connectivity index (χ0) is 17.2. The first kappa shape index (κ1) is 17.0. The van der Waals surface area contributed by atoms with E-state index in [0.29, 0.717) is 12.2 Å². The molecule has 1 N–H and O–H groups in total. The second kappa shape index (κ2) is 6.94. The Kier molecular flexibility index (Phi) is 4.91. The first-order valence-electron chi connectivity index (χ1n) is 8.38. The van der Waals surface area contributed by atoms with Crippen molar-refractivity contribution in [2.24, 2.45) is 0 Å². The normalized spacial score (nSPS) is 15.2. The molecule has 1 aliphatic heterocycles. The Morgan fingerprint density at radius 1 is 1.21 bits per heavy atom. The number of rotatable bonds is 6. The van der Waals surface area contributed by atoms with Gasteiger partial charge in [0, 0.05) is 38.1 Å². The molecule has 1 aliphatic rings. The molecule has 0 atom stereocenters. The summed E-state index contributed by atoms with van der Waals surface area (Å²) >= 11 is 0. The van der Waals surface area contributed by atoms with E-state index in [1.165, 1.54) is 12.8 Å². The van der Waals surface area contributed by atoms with E-state index in [1.54, 1.807) is 17.8 Å². The van der Waals surface area contributed by atoms with Crippen LogP contribution in [0.4, 0.5) is 5.69 Å². The maximum atomic E-state index is 12.6. The fraction of sp³-hybridized carbons (Fsp3) is 0.471. The molecule has 0 radical (unpaired) electrons. The average Bonchev–Trinajstić information content (AvgIpc) is 3.23. The Morgan fingerprint density at radius 3 is 2.58 bits per heavy atom. The second-order valence-electron chi connectivity index (χ2n) is 6.08. The van der Waals surface area contributed by atoms with Crippen LogP contribution in [0.5, 0.6) is 0 Å². The van der Waals surface area contributed by atoms with Crippen LogP contribution in [0.15, 0.2) is 35.4 Å². The smallest absolute Gasteiger partial charge is 0.244 e. The van der Waals surface area contributed by atoms with Gasteiger partial charge in [0.1, 0.15) is 4.90 Å². The Hall–Kier alpha value is -1.86. The minimum atomic E-state index is -3.57. The first-order chi connectivity index (χ1) is 11.5. The molecule has 1 fully saturated rings. The molecule has 7 heteroatoms. The number of para-hydroxylation sites is 1. The molecule has 0 saturated carbocycles. The van der Waals surface area contributed by atoms with Crippen molar-refractivity contribution in [3.8, 4) is 0 Å². The van der Waals surface area contributed by atoms with Crippen LogP contribution in [-0.2, 0) is 23.1 Å². The monoisotopic (exact) mass is 348 g/mol. The van der Waals surface area contributed by atoms with Gasteiger partial charge in [0.25, 0.3) is 0 Å². The average molecular weight is 348 g/mol. The quantitative estimate of drug-likeness (QED) is 0.870. The minimum absolute atomic E-state index is 0.253. The molecule has 24 heavy (non-hydrogen) atoms. The molecule has 1 saturated heterocycles. The molecule has 2 aromatic rings. The molecule has 130 valence electrons. The van der Waals surface area contributed by atoms with Crippen molar-refractivity contribution < 1.29 is 8.42 Å². The van der Waals surface area contributed by atoms with Crippen molar-refractivity contribution in [2.45, 2.75) is 44.7 Å². The minimum Gasteiger partial charge on any atom is -0.371 e. The van der Waals surface area contributed by atoms with E-state index in [9.17, 15) is 8.42 Å². The van der Waals surface area contributed by atoms with Crippen molar-refractivity contribution >= 4 is 15.7 Å². The Labute approximate surface area is 143 Å². The summed E-state index contributed by atoms with van der Waals surface area (Å²) in [7, 11) is -3.57. The molecule has 0 bridgehead atoms. The van der Waals surface area contributed by atoms with E-state index in [1.807, 2.05) is 25.1 Å². The molecule has 0 aliphatic carbocycles. The summed E-state index contributed by atoms with van der Waals surface area (Å²) < 4.78 is 29.6. The Balaban J connectivity index is 1.79. The van der Waals surface area contributed by atoms with Crippen molar-refractivity contribution in [3.63, 3.8) is 0 Å². The summed E-state index contributed by atoms with van der Waals surface area (Å²) in [6.07, 6.45) is 3.97. The summed E-state index contributed by atoms with van der Waals surface area (Å²) in [5, 5.41) is 4.22. The van der Waals surface area contributed by atoms with Gasteiger partial charge < -0.3 is 4.90 Å². The summed E-state index contributed by atoms with van der Waals surface area (Å²) in [5.74, 6) is 0. The van der Waals surface area contributed by atoms with Gasteiger partial charge in [-0.05, 0) is 38.3 Å². The summed E-state index contributed by atoms with van der Waals surface area (Å²) in [5.41, 5.74) is 2.65. The van der Waals surface area contributed by atoms with Gasteiger partial charge in [-0.1, -0.05) is 18.2 Å². The molecule has 1 aromatic carbocycles. The van der Waals surface area contributed by atoms with Gasteiger partial charge in [0.2, 0.25) is 10.0 Å². The number of aryl methyl sites for hydroxylation is 2. The van der Waals surface area contributed by atoms with Crippen LogP contribution in [-0.4, -0.2) is 31.3 Å². The predicted octanol–water partition coefficient (Wildman–Crippen LogP) is 2.29. The Morgan fingerprint density at radius 2 is 1.92 bits per heavy atom. The third-order valence-corrected chi connectivity index (χ3v) is 5.91. The van der Waals surface area contributed by atoms with Gasteiger partial charge in [-0.2, -0.15) is 5.10 Å². The van der Waals surface area contributed by atoms with E-state index < -0.39 is 10.0 Å². The van der Waals surface area contributed by atoms with E-state index >= 15 is 0 Å². The standard InChI is InChI=1S/C17H24N4O2S/c1-3-21-13-17(14(2)19-21)24(22,23)18-12-15-8-4-5-9-16(15)20-10-6-7-11-20/h4-5,8-9,13,18H,3,6-7,10-12H2,1-2H3. The molecule has 0 amide bonds. The third kappa shape index (κ3) is 3.47. The maximum Gasteiger partial charge on any atom is 0.244 e. The maximum absolute atomic E-state index is 12.6. The number of hydrogen-bond donors (Lipinski definition) is 1. The number of nitrogens with one attached hydrogen (secondary N) is 1. The van der Waals surface area contributed by atoms with Crippen LogP contribution in [0.2, 0.25) is 0 Å². The van der Waals surface area contributed by atoms with Crippen LogP contribution in [0, 0.1) is 6.92 Å². The van der Waals surface area contributed by atoms with E-state index in [2.05, 4.69) is 20.8 Å². The van der Waals surface area contributed by atoms with Crippen LogP contribution in [0.25, 0.3) is 0 Å². The molecule has 3 rings (SSSR count). The van der Waals surface area contributed by atoms with Crippen LogP contribution < -0.4 is 9.62 Å². The molecule has 0 spiro atoms. The second-order valence-corrected chi connectivity index (χ2v) is 7.82. The van der Waals surface area contributed by atoms with Gasteiger partial charge in [0.15, 0.2) is 0 Å². The highest BCUT2D eigenvalue weighted by Crippen LogP contribution is 2.25. The first-order valence-corrected chi connectivity index (χ1v) is 9.86. The molecule has 6 nitrogen and oxygen atoms in total. The highest BCUT2D eigenvalue weighted by molar-refractivity contribution is 7.89. The fourth-order valence-electron chi connectivity index (χ4n) is 3.10. The number of hydrogen-bond acceptors (Lipinski definition) is 4. The zero-order valence-electron chi connectivity index (χ0n) is 14.2. The van der Waals surface area contributed by atoms with Crippen LogP contribution >= 0.6 is 0 Å². The molecular weight excluding hydrogens is 324 g/mol. The zero-order valence-corrected chi connectivity index (χ0v) is 15.0. The van der Waals surface area contributed by atoms with Crippen molar-refractivity contribution in [2.75, 3.05) is 18.0 Å². The molecule has 2 heterocycles. The molecule has 1 aromatic heterocycles. The predicted molar refractivity (Wildman–Crippen MR) is 94.6 cm³/mol. The van der Waals surface area contributed by atoms with Crippen molar-refractivity contribution in [3.05, 3.63) is 41.7 Å². The van der Waals surface area contributed by atoms with Crippen LogP contribution in [0.3, 0.4) is 0 Å². The number of benzene rings is 1. The third-order valence-electron chi connectivity index (χ3n) is 4.41. The molecule has 0 unspecified atom stereocenters. The summed E-state index contributed by atoms with van der Waals surface area (Å²) in [4.78, 5) is 2.58. The van der Waals surface area contributed by atoms with E-state index in [-0.39, 0.29) is 11.4 Å². The van der Waals surface area contributed by atoms with Gasteiger partial charge in [0.05, 0.1) is 5.69 Å². The lowest BCUT2D eigenvalue weighted by atomic mass is 10.1. The van der Waals surface area contributed by atoms with Gasteiger partial charge in [-0.15, -0.1) is 0 Å². The lowest BCUT2D eigenvalue weighted by Crippen LogP contribution is -2.26. The largest absolute Gasteiger partial charge is 0.371 e. The van der Waals surface area contributed by atoms with E-state index in [4.69, 9.17) is 0 Å². The Bertz CT molecular complexity index is 808. The molecular formula is C17H24N4O2S. The van der Waals surface area contributed by atoms with Gasteiger partial charge in [-0.25, -0.2) is 13.1 Å². The SMILES string of the molecule is CCn1cc(S(=O)(=O)NCc2ccccc2N2CCCC2)c(C)n1. The number of anilines is 1. The highest BCUT2D eigenvalue weighted by atomic mass is 32.2. The van der Waals surface area contributed by atoms with E-state index in [0.717, 1.165) is 24.3 Å². The van der Waals surface area contributed by atoms with Gasteiger partial charge in [-0.3, -0.25) is 4.68 Å². The lowest BCUT2D eigenvalue weighted by Gasteiger charge is -2.21. The number of aromatic nitrogens is 2. The van der Waals surface area contributed by atoms with Crippen LogP contribution in [0.1, 0.15) is 31.0 Å². The summed E-state index contributed by atoms with van der Waals surface area (Å²) in [6, 6.07) is 8.00. The fourth-order valence-corrected chi connectivity index (χ4v) is 4.29. The number of sulfonamides is 1. The topological polar surface area (TPSA) is 67.2 Å². The highest BCUT2D eigenvalue weighted by Gasteiger charge is 2.21. The van der Waals surface area contributed by atoms with Crippen molar-refractivity contribution in [1.29, 1.82) is 0 Å². The number of nitrogens with zero attached hydrogens (tertiary/aromatic N) is 3. The van der Waals surface area contributed by atoms with Crippen molar-refractivity contribution in [1.82, 2.24) is 14.5 Å². The summed E-state index contributed by atoms with van der Waals surface area (Å²) in [6.45, 7) is 6.65. The van der Waals surface area contributed by atoms with Gasteiger partial charge >= 0.3 is 0 Å². The lowest BCUT2D eigenvalue weighted by molar-refractivity contribution is 0.580.